The number of hydrogen-bond donors (Lipinski definition) is 3. The monoisotopic (exact) mass is 551 g/mol. The van der Waals surface area contributed by atoms with Crippen molar-refractivity contribution < 1.29 is 13.9 Å². The van der Waals surface area contributed by atoms with Gasteiger partial charge in [-0.25, -0.2) is 9.11 Å². The van der Waals surface area contributed by atoms with Gasteiger partial charge in [0.2, 0.25) is 0 Å². The first kappa shape index (κ1) is 28.3. The van der Waals surface area contributed by atoms with Crippen molar-refractivity contribution in [3.05, 3.63) is 81.5 Å². The molecule has 2 heterocycles. The average molecular weight is 552 g/mol. The van der Waals surface area contributed by atoms with Gasteiger partial charge in [-0.1, -0.05) is 26.0 Å². The van der Waals surface area contributed by atoms with Gasteiger partial charge in [-0.15, -0.1) is 0 Å². The summed E-state index contributed by atoms with van der Waals surface area (Å²) in [5, 5.41) is 6.81. The molecule has 39 heavy (non-hydrogen) atoms. The number of carbonyl (C=O) groups excluding carboxylic acids is 1. The topological polar surface area (TPSA) is 89.3 Å². The lowest BCUT2D eigenvalue weighted by Gasteiger charge is -2.21. The average Bonchev–Trinajstić information content (AvgIpc) is 3.65. The van der Waals surface area contributed by atoms with E-state index in [0.717, 1.165) is 29.3 Å². The smallest absolute Gasteiger partial charge is 0.259 e. The second-order valence-corrected chi connectivity index (χ2v) is 10.1. The van der Waals surface area contributed by atoms with Crippen molar-refractivity contribution in [2.75, 3.05) is 12.4 Å². The Kier molecular flexibility index (Phi) is 8.66. The van der Waals surface area contributed by atoms with E-state index in [1.54, 1.807) is 39.1 Å². The van der Waals surface area contributed by atoms with E-state index in [1.165, 1.54) is 22.8 Å². The van der Waals surface area contributed by atoms with Crippen molar-refractivity contribution in [2.45, 2.75) is 46.6 Å². The molecule has 0 saturated heterocycles. The predicted octanol–water partition coefficient (Wildman–Crippen LogP) is 6.18. The number of anilines is 2. The van der Waals surface area contributed by atoms with E-state index in [-0.39, 0.29) is 45.9 Å². The highest BCUT2D eigenvalue weighted by molar-refractivity contribution is 7.96. The zero-order valence-electron chi connectivity index (χ0n) is 23.0. The van der Waals surface area contributed by atoms with Gasteiger partial charge in [0, 0.05) is 36.8 Å². The number of halogens is 1. The van der Waals surface area contributed by atoms with Crippen molar-refractivity contribution in [3.63, 3.8) is 0 Å². The van der Waals surface area contributed by atoms with Crippen LogP contribution in [0.2, 0.25) is 0 Å². The van der Waals surface area contributed by atoms with Crippen LogP contribution in [0, 0.1) is 19.7 Å². The van der Waals surface area contributed by atoms with Crippen LogP contribution < -0.4 is 25.7 Å². The molecule has 2 aromatic heterocycles. The second-order valence-electron chi connectivity index (χ2n) is 9.13. The van der Waals surface area contributed by atoms with Gasteiger partial charge in [-0.3, -0.25) is 18.1 Å². The largest absolute Gasteiger partial charge is 0.455 e. The van der Waals surface area contributed by atoms with Crippen molar-refractivity contribution >= 4 is 40.4 Å². The third kappa shape index (κ3) is 5.81. The van der Waals surface area contributed by atoms with Gasteiger partial charge in [0.05, 0.1) is 16.8 Å². The number of rotatable bonds is 8. The number of nitrogens with one attached hydrogen (secondary N) is 3. The summed E-state index contributed by atoms with van der Waals surface area (Å²) in [6.45, 7) is 7.42. The summed E-state index contributed by atoms with van der Waals surface area (Å²) in [5.41, 5.74) is 1.88. The van der Waals surface area contributed by atoms with Crippen LogP contribution in [0.15, 0.2) is 53.5 Å². The molecule has 1 saturated carbocycles. The van der Waals surface area contributed by atoms with Gasteiger partial charge >= 0.3 is 0 Å². The Labute approximate surface area is 231 Å². The Bertz CT molecular complexity index is 1580. The molecule has 0 radical (unpaired) electrons. The molecule has 1 aliphatic carbocycles. The summed E-state index contributed by atoms with van der Waals surface area (Å²) in [7, 11) is 3.38. The molecule has 4 aromatic rings. The van der Waals surface area contributed by atoms with Gasteiger partial charge in [0.1, 0.15) is 22.9 Å². The molecule has 2 aromatic carbocycles. The number of aryl methyl sites for hydroxylation is 1. The lowest BCUT2D eigenvalue weighted by atomic mass is 10.1. The number of nitrogens with zero attached hydrogens (tertiary/aromatic N) is 2. The van der Waals surface area contributed by atoms with Gasteiger partial charge in [0.25, 0.3) is 11.5 Å². The zero-order chi connectivity index (χ0) is 28.3. The zero-order valence-corrected chi connectivity index (χ0v) is 23.8. The fourth-order valence-electron chi connectivity index (χ4n) is 4.22. The van der Waals surface area contributed by atoms with E-state index in [1.807, 2.05) is 49.3 Å². The quantitative estimate of drug-likeness (QED) is 0.227. The molecule has 5 rings (SSSR count). The number of carbonyl (C=O) groups is 1. The molecule has 8 nitrogen and oxygen atoms in total. The van der Waals surface area contributed by atoms with Crippen LogP contribution in [0.4, 0.5) is 15.9 Å². The van der Waals surface area contributed by atoms with Crippen molar-refractivity contribution in [1.82, 2.24) is 18.6 Å². The normalized spacial score (nSPS) is 12.6. The molecular formula is C29H34FN5O3S. The highest BCUT2D eigenvalue weighted by Crippen LogP contribution is 2.38. The molecule has 0 unspecified atom stereocenters. The number of pyridine rings is 1. The number of ether oxygens (including phenoxy) is 1. The lowest BCUT2D eigenvalue weighted by Crippen LogP contribution is -2.31. The Morgan fingerprint density at radius 3 is 2.54 bits per heavy atom. The number of hydrogen-bond acceptors (Lipinski definition) is 6. The van der Waals surface area contributed by atoms with Gasteiger partial charge in [0.15, 0.2) is 5.75 Å². The van der Waals surface area contributed by atoms with Gasteiger partial charge < -0.3 is 15.4 Å². The van der Waals surface area contributed by atoms with E-state index >= 15 is 0 Å². The number of benzene rings is 2. The molecule has 3 N–H and O–H groups in total. The maximum Gasteiger partial charge on any atom is 0.259 e. The summed E-state index contributed by atoms with van der Waals surface area (Å²) in [4.78, 5) is 26.9. The third-order valence-electron chi connectivity index (χ3n) is 6.34. The fraction of sp³-hybridized carbons (Fsp3) is 0.310. The van der Waals surface area contributed by atoms with Crippen LogP contribution >= 0.6 is 12.1 Å². The SMILES string of the molecule is CC.CNSn1ccc2c(Oc3c(C(=O)NC4CC4)c(Nc4ccc(C)cc4F)n(C)c(=O)c3C)cccc21. The fourth-order valence-corrected chi connectivity index (χ4v) is 4.80. The first-order valence-electron chi connectivity index (χ1n) is 13.0. The molecule has 1 amide bonds. The molecular weight excluding hydrogens is 517 g/mol. The number of amides is 1. The molecule has 0 atom stereocenters. The van der Waals surface area contributed by atoms with Crippen LogP contribution in [0.3, 0.4) is 0 Å². The van der Waals surface area contributed by atoms with Crippen LogP contribution in [0.1, 0.15) is 48.2 Å². The minimum atomic E-state index is -0.489. The molecule has 0 spiro atoms. The summed E-state index contributed by atoms with van der Waals surface area (Å²) in [6, 6.07) is 12.3. The first-order valence-corrected chi connectivity index (χ1v) is 13.8. The summed E-state index contributed by atoms with van der Waals surface area (Å²) < 4.78 is 27.5. The van der Waals surface area contributed by atoms with Crippen molar-refractivity contribution in [2.24, 2.45) is 7.05 Å². The van der Waals surface area contributed by atoms with E-state index < -0.39 is 5.82 Å². The molecule has 1 aliphatic rings. The van der Waals surface area contributed by atoms with E-state index in [2.05, 4.69) is 15.4 Å². The van der Waals surface area contributed by atoms with Crippen LogP contribution in [0.5, 0.6) is 11.5 Å². The van der Waals surface area contributed by atoms with E-state index in [4.69, 9.17) is 4.74 Å². The van der Waals surface area contributed by atoms with Crippen LogP contribution in [0.25, 0.3) is 10.9 Å². The Balaban J connectivity index is 0.00000172. The molecule has 10 heteroatoms. The lowest BCUT2D eigenvalue weighted by molar-refractivity contribution is 0.0949. The highest BCUT2D eigenvalue weighted by Gasteiger charge is 2.31. The maximum atomic E-state index is 14.8. The Morgan fingerprint density at radius 2 is 1.87 bits per heavy atom. The summed E-state index contributed by atoms with van der Waals surface area (Å²) in [5.74, 6) is -0.0871. The second kappa shape index (κ2) is 12.0. The highest BCUT2D eigenvalue weighted by atomic mass is 32.2. The number of fused-ring (bicyclic) bond motifs is 1. The number of aromatic nitrogens is 2. The first-order chi connectivity index (χ1) is 18.8. The van der Waals surface area contributed by atoms with Gasteiger partial charge in [-0.05, 0) is 69.6 Å². The van der Waals surface area contributed by atoms with Crippen LogP contribution in [-0.2, 0) is 7.05 Å². The van der Waals surface area contributed by atoms with Gasteiger partial charge in [-0.2, -0.15) is 0 Å². The predicted molar refractivity (Wildman–Crippen MR) is 157 cm³/mol. The summed E-state index contributed by atoms with van der Waals surface area (Å²) >= 11 is 1.41. The maximum absolute atomic E-state index is 14.8. The Morgan fingerprint density at radius 1 is 1.13 bits per heavy atom. The molecule has 0 bridgehead atoms. The standard InChI is InChI=1S/C27H28FN5O3S.C2H6/c1-15-8-11-20(19(28)14-15)31-25-23(26(34)30-17-9-10-17)24(16(2)27(35)32(25)4)36-22-7-5-6-21-18(22)12-13-33(21)37-29-3;1-2/h5-8,11-14,17,29,31H,9-10H2,1-4H3,(H,30,34);1-2H3. The minimum Gasteiger partial charge on any atom is -0.455 e. The van der Waals surface area contributed by atoms with Crippen LogP contribution in [-0.4, -0.2) is 27.5 Å². The molecule has 1 fully saturated rings. The third-order valence-corrected chi connectivity index (χ3v) is 7.04. The summed E-state index contributed by atoms with van der Waals surface area (Å²) in [6.07, 6.45) is 3.68. The van der Waals surface area contributed by atoms with E-state index in [9.17, 15) is 14.0 Å². The van der Waals surface area contributed by atoms with Crippen molar-refractivity contribution in [1.29, 1.82) is 0 Å². The van der Waals surface area contributed by atoms with Crippen molar-refractivity contribution in [3.8, 4) is 11.5 Å². The minimum absolute atomic E-state index is 0.0675. The Hall–Kier alpha value is -3.76. The van der Waals surface area contributed by atoms with E-state index in [0.29, 0.717) is 5.75 Å². The molecule has 0 aliphatic heterocycles. The molecule has 206 valence electrons.